The average Bonchev–Trinajstić information content (AvgIpc) is 1.97. The Hall–Kier alpha value is -0.810. The van der Waals surface area contributed by atoms with Gasteiger partial charge in [0.2, 0.25) is 0 Å². The molecule has 0 aliphatic carbocycles. The van der Waals surface area contributed by atoms with E-state index < -0.39 is 17.1 Å². The van der Waals surface area contributed by atoms with Gasteiger partial charge in [-0.25, -0.2) is 4.79 Å². The average molecular weight is 189 g/mol. The van der Waals surface area contributed by atoms with Crippen LogP contribution in [0.5, 0.6) is 0 Å². The third-order valence-corrected chi connectivity index (χ3v) is 2.83. The molecule has 1 aliphatic heterocycles. The summed E-state index contributed by atoms with van der Waals surface area (Å²) in [7, 11) is 0. The molecule has 1 amide bonds. The van der Waals surface area contributed by atoms with Crippen LogP contribution in [0.3, 0.4) is 0 Å². The van der Waals surface area contributed by atoms with Crippen LogP contribution in [0.25, 0.3) is 0 Å². The minimum atomic E-state index is -1.08. The number of aliphatic hydroxyl groups excluding tert-OH is 1. The summed E-state index contributed by atoms with van der Waals surface area (Å²) < 4.78 is 0. The Morgan fingerprint density at radius 3 is 2.31 bits per heavy atom. The van der Waals surface area contributed by atoms with Crippen LogP contribution in [0.1, 0.15) is 13.8 Å². The lowest BCUT2D eigenvalue weighted by molar-refractivity contribution is -0.168. The van der Waals surface area contributed by atoms with Crippen molar-refractivity contribution < 1.29 is 20.1 Å². The Bertz CT molecular complexity index is 220. The minimum Gasteiger partial charge on any atom is -0.465 e. The Morgan fingerprint density at radius 2 is 2.00 bits per heavy atom. The van der Waals surface area contributed by atoms with Gasteiger partial charge in [-0.05, 0) is 0 Å². The predicted molar refractivity (Wildman–Crippen MR) is 45.4 cm³/mol. The molecule has 0 bridgehead atoms. The molecule has 1 rings (SSSR count). The summed E-state index contributed by atoms with van der Waals surface area (Å²) in [6.45, 7) is 3.43. The molecule has 1 heterocycles. The maximum atomic E-state index is 10.4. The highest BCUT2D eigenvalue weighted by Crippen LogP contribution is 2.37. The second kappa shape index (κ2) is 2.85. The highest BCUT2D eigenvalue weighted by molar-refractivity contribution is 5.66. The van der Waals surface area contributed by atoms with E-state index in [4.69, 9.17) is 10.2 Å². The molecule has 3 N–H and O–H groups in total. The second-order valence-corrected chi connectivity index (χ2v) is 4.21. The van der Waals surface area contributed by atoms with Crippen LogP contribution in [-0.2, 0) is 0 Å². The van der Waals surface area contributed by atoms with E-state index in [1.54, 1.807) is 13.8 Å². The van der Waals surface area contributed by atoms with Crippen LogP contribution in [0.4, 0.5) is 4.79 Å². The van der Waals surface area contributed by atoms with Crippen molar-refractivity contribution in [2.24, 2.45) is 5.41 Å². The van der Waals surface area contributed by atoms with Crippen molar-refractivity contribution in [3.63, 3.8) is 0 Å². The fraction of sp³-hybridized carbons (Fsp3) is 0.875. The third kappa shape index (κ3) is 1.49. The van der Waals surface area contributed by atoms with E-state index in [0.717, 1.165) is 4.90 Å². The summed E-state index contributed by atoms with van der Waals surface area (Å²) >= 11 is 0. The Balaban J connectivity index is 2.60. The first-order valence-electron chi connectivity index (χ1n) is 4.13. The highest BCUT2D eigenvalue weighted by Gasteiger charge is 2.53. The first-order chi connectivity index (χ1) is 5.82. The van der Waals surface area contributed by atoms with Crippen molar-refractivity contribution in [2.75, 3.05) is 19.7 Å². The van der Waals surface area contributed by atoms with Crippen molar-refractivity contribution in [1.82, 2.24) is 4.90 Å². The van der Waals surface area contributed by atoms with E-state index in [2.05, 4.69) is 0 Å². The van der Waals surface area contributed by atoms with E-state index >= 15 is 0 Å². The molecule has 1 aliphatic rings. The van der Waals surface area contributed by atoms with Crippen molar-refractivity contribution in [3.8, 4) is 0 Å². The summed E-state index contributed by atoms with van der Waals surface area (Å²) in [5.74, 6) is 0. The molecule has 0 saturated carbocycles. The van der Waals surface area contributed by atoms with Gasteiger partial charge in [-0.3, -0.25) is 0 Å². The summed E-state index contributed by atoms with van der Waals surface area (Å²) in [4.78, 5) is 11.6. The standard InChI is InChI=1S/C8H15NO4/c1-7(2,5-10)8(13)3-9(4-8)6(11)12/h10,13H,3-5H2,1-2H3,(H,11,12). The molecule has 0 aromatic heterocycles. The van der Waals surface area contributed by atoms with Gasteiger partial charge in [0, 0.05) is 5.41 Å². The fourth-order valence-corrected chi connectivity index (χ4v) is 1.30. The van der Waals surface area contributed by atoms with E-state index in [1.165, 1.54) is 0 Å². The maximum absolute atomic E-state index is 10.4. The summed E-state index contributed by atoms with van der Waals surface area (Å²) in [6.07, 6.45) is -1.03. The molecule has 0 atom stereocenters. The summed E-state index contributed by atoms with van der Waals surface area (Å²) in [5, 5.41) is 27.4. The lowest BCUT2D eigenvalue weighted by Gasteiger charge is -2.52. The number of aliphatic hydroxyl groups is 2. The molecular weight excluding hydrogens is 174 g/mol. The van der Waals surface area contributed by atoms with Crippen LogP contribution < -0.4 is 0 Å². The molecule has 1 fully saturated rings. The Morgan fingerprint density at radius 1 is 1.54 bits per heavy atom. The number of hydrogen-bond donors (Lipinski definition) is 3. The first-order valence-corrected chi connectivity index (χ1v) is 4.13. The van der Waals surface area contributed by atoms with E-state index in [1.807, 2.05) is 0 Å². The van der Waals surface area contributed by atoms with Crippen molar-refractivity contribution >= 4 is 6.09 Å². The number of β-amino-alcohol motifs (C(OH)–C–C–N with tert-alkyl or cyclic N) is 1. The summed E-state index contributed by atoms with van der Waals surface area (Å²) in [6, 6.07) is 0. The SMILES string of the molecule is CC(C)(CO)C1(O)CN(C(=O)O)C1. The van der Waals surface area contributed by atoms with E-state index in [0.29, 0.717) is 0 Å². The van der Waals surface area contributed by atoms with Gasteiger partial charge < -0.3 is 20.2 Å². The van der Waals surface area contributed by atoms with Gasteiger partial charge in [0.25, 0.3) is 0 Å². The zero-order chi connectivity index (χ0) is 10.3. The lowest BCUT2D eigenvalue weighted by atomic mass is 9.71. The zero-order valence-corrected chi connectivity index (χ0v) is 7.82. The molecule has 0 unspecified atom stereocenters. The Labute approximate surface area is 76.6 Å². The van der Waals surface area contributed by atoms with Crippen LogP contribution in [-0.4, -0.2) is 51.6 Å². The fourth-order valence-electron chi connectivity index (χ4n) is 1.30. The van der Waals surface area contributed by atoms with Crippen LogP contribution in [0.2, 0.25) is 0 Å². The molecule has 13 heavy (non-hydrogen) atoms. The van der Waals surface area contributed by atoms with Crippen LogP contribution >= 0.6 is 0 Å². The molecule has 0 radical (unpaired) electrons. The number of likely N-dealkylation sites (tertiary alicyclic amines) is 1. The van der Waals surface area contributed by atoms with Crippen molar-refractivity contribution in [3.05, 3.63) is 0 Å². The quantitative estimate of drug-likeness (QED) is 0.558. The number of hydrogen-bond acceptors (Lipinski definition) is 3. The third-order valence-electron chi connectivity index (χ3n) is 2.83. The van der Waals surface area contributed by atoms with Gasteiger partial charge in [0.05, 0.1) is 19.7 Å². The maximum Gasteiger partial charge on any atom is 0.407 e. The normalized spacial score (nSPS) is 21.1. The van der Waals surface area contributed by atoms with Gasteiger partial charge >= 0.3 is 6.09 Å². The van der Waals surface area contributed by atoms with E-state index in [-0.39, 0.29) is 19.7 Å². The second-order valence-electron chi connectivity index (χ2n) is 4.21. The molecule has 0 spiro atoms. The Kier molecular flexibility index (Phi) is 2.25. The molecule has 0 aromatic carbocycles. The highest BCUT2D eigenvalue weighted by atomic mass is 16.4. The van der Waals surface area contributed by atoms with Crippen molar-refractivity contribution in [1.29, 1.82) is 0 Å². The van der Waals surface area contributed by atoms with Gasteiger partial charge in [0.15, 0.2) is 0 Å². The van der Waals surface area contributed by atoms with Crippen LogP contribution in [0.15, 0.2) is 0 Å². The lowest BCUT2D eigenvalue weighted by Crippen LogP contribution is -2.70. The monoisotopic (exact) mass is 189 g/mol. The molecule has 1 saturated heterocycles. The van der Waals surface area contributed by atoms with Gasteiger partial charge in [-0.2, -0.15) is 0 Å². The minimum absolute atomic E-state index is 0.0793. The number of carboxylic acid groups (broad SMARTS) is 1. The zero-order valence-electron chi connectivity index (χ0n) is 7.82. The predicted octanol–water partition coefficient (Wildman–Crippen LogP) is -0.270. The topological polar surface area (TPSA) is 81.0 Å². The summed E-state index contributed by atoms with van der Waals surface area (Å²) in [5.41, 5.74) is -1.74. The largest absolute Gasteiger partial charge is 0.465 e. The number of carbonyl (C=O) groups is 1. The van der Waals surface area contributed by atoms with E-state index in [9.17, 15) is 9.90 Å². The molecule has 5 heteroatoms. The van der Waals surface area contributed by atoms with Gasteiger partial charge in [-0.1, -0.05) is 13.8 Å². The van der Waals surface area contributed by atoms with Gasteiger partial charge in [0.1, 0.15) is 5.60 Å². The molecular formula is C8H15NO4. The number of amides is 1. The van der Waals surface area contributed by atoms with Gasteiger partial charge in [-0.15, -0.1) is 0 Å². The smallest absolute Gasteiger partial charge is 0.407 e. The first kappa shape index (κ1) is 10.3. The van der Waals surface area contributed by atoms with Crippen molar-refractivity contribution in [2.45, 2.75) is 19.4 Å². The molecule has 76 valence electrons. The molecule has 0 aromatic rings. The number of nitrogens with zero attached hydrogens (tertiary/aromatic N) is 1. The molecule has 5 nitrogen and oxygen atoms in total. The number of rotatable bonds is 2. The van der Waals surface area contributed by atoms with Crippen LogP contribution in [0, 0.1) is 5.41 Å².